The van der Waals surface area contributed by atoms with Crippen LogP contribution in [0, 0.1) is 5.92 Å². The lowest BCUT2D eigenvalue weighted by Gasteiger charge is -1.98. The van der Waals surface area contributed by atoms with Gasteiger partial charge in [0, 0.05) is 6.54 Å². The van der Waals surface area contributed by atoms with E-state index in [0.29, 0.717) is 6.42 Å². The van der Waals surface area contributed by atoms with Gasteiger partial charge < -0.3 is 5.11 Å². The molecule has 0 saturated heterocycles. The number of carboxylic acid groups (broad SMARTS) is 1. The van der Waals surface area contributed by atoms with Crippen LogP contribution in [0.4, 0.5) is 0 Å². The lowest BCUT2D eigenvalue weighted by molar-refractivity contribution is -0.140. The molecule has 0 aromatic heterocycles. The van der Waals surface area contributed by atoms with Gasteiger partial charge in [0.05, 0.1) is 5.92 Å². The predicted octanol–water partition coefficient (Wildman–Crippen LogP) is 1.19. The normalized spacial score (nSPS) is 13.8. The maximum absolute atomic E-state index is 10.2. The second-order valence-electron chi connectivity index (χ2n) is 2.16. The van der Waals surface area contributed by atoms with E-state index in [1.165, 1.54) is 0 Å². The number of carboxylic acids is 1. The molecule has 1 atom stereocenters. The minimum atomic E-state index is -0.762. The largest absolute Gasteiger partial charge is 0.481 e. The fourth-order valence-electron chi connectivity index (χ4n) is 0.463. The Balaban J connectivity index is 3.48. The molecule has 0 aliphatic rings. The summed E-state index contributed by atoms with van der Waals surface area (Å²) in [4.78, 5) is 14.1. The molecular formula is C7H13NO2. The maximum atomic E-state index is 10.2. The van der Waals surface area contributed by atoms with Crippen molar-refractivity contribution in [3.05, 3.63) is 0 Å². The standard InChI is InChI=1S/C7H13NO2/c1-3-8-5-4-6(2)7(9)10/h5-6H,3-4H2,1-2H3,(H,9,10). The molecule has 0 fully saturated rings. The zero-order chi connectivity index (χ0) is 7.98. The van der Waals surface area contributed by atoms with Gasteiger partial charge in [-0.15, -0.1) is 0 Å². The average molecular weight is 143 g/mol. The maximum Gasteiger partial charge on any atom is 0.306 e. The first-order valence-corrected chi connectivity index (χ1v) is 3.39. The smallest absolute Gasteiger partial charge is 0.306 e. The van der Waals surface area contributed by atoms with Crippen molar-refractivity contribution in [3.63, 3.8) is 0 Å². The molecule has 0 aliphatic heterocycles. The van der Waals surface area contributed by atoms with Crippen molar-refractivity contribution in [1.29, 1.82) is 0 Å². The van der Waals surface area contributed by atoms with Gasteiger partial charge in [0.1, 0.15) is 0 Å². The van der Waals surface area contributed by atoms with Crippen LogP contribution >= 0.6 is 0 Å². The third-order valence-corrected chi connectivity index (χ3v) is 1.19. The Morgan fingerprint density at radius 1 is 1.80 bits per heavy atom. The summed E-state index contributed by atoms with van der Waals surface area (Å²) in [5.41, 5.74) is 0. The molecule has 1 N–H and O–H groups in total. The second-order valence-corrected chi connectivity index (χ2v) is 2.16. The van der Waals surface area contributed by atoms with Crippen molar-refractivity contribution in [2.75, 3.05) is 6.54 Å². The van der Waals surface area contributed by atoms with E-state index < -0.39 is 5.97 Å². The number of nitrogens with zero attached hydrogens (tertiary/aromatic N) is 1. The summed E-state index contributed by atoms with van der Waals surface area (Å²) in [7, 11) is 0. The molecule has 0 heterocycles. The molecule has 3 nitrogen and oxygen atoms in total. The van der Waals surface area contributed by atoms with Crippen LogP contribution in [0.1, 0.15) is 20.3 Å². The molecule has 0 aliphatic carbocycles. The van der Waals surface area contributed by atoms with Crippen molar-refractivity contribution >= 4 is 12.2 Å². The van der Waals surface area contributed by atoms with Gasteiger partial charge in [0.2, 0.25) is 0 Å². The molecule has 0 bridgehead atoms. The van der Waals surface area contributed by atoms with E-state index in [1.807, 2.05) is 6.92 Å². The summed E-state index contributed by atoms with van der Waals surface area (Å²) >= 11 is 0. The highest BCUT2D eigenvalue weighted by Gasteiger charge is 2.07. The monoisotopic (exact) mass is 143 g/mol. The molecule has 0 aromatic carbocycles. The molecule has 0 saturated carbocycles. The SMILES string of the molecule is CCN=CCC(C)C(=O)O. The number of aliphatic imine (C=N–C) groups is 1. The number of rotatable bonds is 4. The Labute approximate surface area is 60.8 Å². The van der Waals surface area contributed by atoms with Crippen LogP contribution in [-0.2, 0) is 4.79 Å². The lowest BCUT2D eigenvalue weighted by Crippen LogP contribution is -2.09. The van der Waals surface area contributed by atoms with Crippen LogP contribution in [-0.4, -0.2) is 23.8 Å². The quantitative estimate of drug-likeness (QED) is 0.601. The fourth-order valence-corrected chi connectivity index (χ4v) is 0.463. The number of hydrogen-bond acceptors (Lipinski definition) is 2. The Kier molecular flexibility index (Phi) is 4.54. The van der Waals surface area contributed by atoms with E-state index in [-0.39, 0.29) is 5.92 Å². The van der Waals surface area contributed by atoms with Crippen LogP contribution in [0.25, 0.3) is 0 Å². The zero-order valence-corrected chi connectivity index (χ0v) is 6.37. The molecule has 0 spiro atoms. The highest BCUT2D eigenvalue weighted by Crippen LogP contribution is 1.97. The first-order valence-electron chi connectivity index (χ1n) is 3.39. The van der Waals surface area contributed by atoms with Crippen molar-refractivity contribution in [2.24, 2.45) is 10.9 Å². The van der Waals surface area contributed by atoms with Gasteiger partial charge in [-0.05, 0) is 19.6 Å². The van der Waals surface area contributed by atoms with Crippen LogP contribution < -0.4 is 0 Å². The van der Waals surface area contributed by atoms with Gasteiger partial charge in [-0.1, -0.05) is 6.92 Å². The molecular weight excluding hydrogens is 130 g/mol. The topological polar surface area (TPSA) is 49.7 Å². The number of carbonyl (C=O) groups is 1. The van der Waals surface area contributed by atoms with Gasteiger partial charge in [-0.3, -0.25) is 9.79 Å². The van der Waals surface area contributed by atoms with Crippen molar-refractivity contribution in [2.45, 2.75) is 20.3 Å². The third-order valence-electron chi connectivity index (χ3n) is 1.19. The Bertz CT molecular complexity index is 132. The second kappa shape index (κ2) is 4.97. The van der Waals surface area contributed by atoms with Crippen LogP contribution in [0.3, 0.4) is 0 Å². The van der Waals surface area contributed by atoms with E-state index in [0.717, 1.165) is 6.54 Å². The summed E-state index contributed by atoms with van der Waals surface area (Å²) < 4.78 is 0. The van der Waals surface area contributed by atoms with Gasteiger partial charge in [-0.2, -0.15) is 0 Å². The molecule has 58 valence electrons. The van der Waals surface area contributed by atoms with Crippen LogP contribution in [0.5, 0.6) is 0 Å². The van der Waals surface area contributed by atoms with Crippen molar-refractivity contribution in [1.82, 2.24) is 0 Å². The van der Waals surface area contributed by atoms with E-state index in [4.69, 9.17) is 5.11 Å². The van der Waals surface area contributed by atoms with Crippen molar-refractivity contribution in [3.8, 4) is 0 Å². The average Bonchev–Trinajstić information content (AvgIpc) is 1.88. The lowest BCUT2D eigenvalue weighted by atomic mass is 10.1. The molecule has 1 unspecified atom stereocenters. The zero-order valence-electron chi connectivity index (χ0n) is 6.37. The fraction of sp³-hybridized carbons (Fsp3) is 0.714. The van der Waals surface area contributed by atoms with Crippen molar-refractivity contribution < 1.29 is 9.90 Å². The summed E-state index contributed by atoms with van der Waals surface area (Å²) in [5, 5.41) is 8.42. The van der Waals surface area contributed by atoms with Crippen LogP contribution in [0.2, 0.25) is 0 Å². The molecule has 0 radical (unpaired) electrons. The number of hydrogen-bond donors (Lipinski definition) is 1. The Morgan fingerprint density at radius 2 is 2.40 bits per heavy atom. The van der Waals surface area contributed by atoms with Gasteiger partial charge in [0.25, 0.3) is 0 Å². The minimum absolute atomic E-state index is 0.310. The first kappa shape index (κ1) is 9.14. The van der Waals surface area contributed by atoms with E-state index in [2.05, 4.69) is 4.99 Å². The highest BCUT2D eigenvalue weighted by atomic mass is 16.4. The number of aliphatic carboxylic acids is 1. The first-order chi connectivity index (χ1) is 4.68. The molecule has 3 heteroatoms. The van der Waals surface area contributed by atoms with Gasteiger partial charge in [-0.25, -0.2) is 0 Å². The van der Waals surface area contributed by atoms with Gasteiger partial charge >= 0.3 is 5.97 Å². The molecule has 0 rings (SSSR count). The van der Waals surface area contributed by atoms with E-state index >= 15 is 0 Å². The van der Waals surface area contributed by atoms with E-state index in [9.17, 15) is 4.79 Å². The van der Waals surface area contributed by atoms with Gasteiger partial charge in [0.15, 0.2) is 0 Å². The predicted molar refractivity (Wildman–Crippen MR) is 40.4 cm³/mol. The summed E-state index contributed by atoms with van der Waals surface area (Å²) in [6.07, 6.45) is 2.20. The van der Waals surface area contributed by atoms with E-state index in [1.54, 1.807) is 13.1 Å². The Morgan fingerprint density at radius 3 is 2.80 bits per heavy atom. The van der Waals surface area contributed by atoms with Crippen LogP contribution in [0.15, 0.2) is 4.99 Å². The summed E-state index contributed by atoms with van der Waals surface area (Å²) in [6, 6.07) is 0. The molecule has 10 heavy (non-hydrogen) atoms. The Hall–Kier alpha value is -0.860. The minimum Gasteiger partial charge on any atom is -0.481 e. The summed E-state index contributed by atoms with van der Waals surface area (Å²) in [6.45, 7) is 4.32. The third kappa shape index (κ3) is 4.06. The molecule has 0 amide bonds. The molecule has 0 aromatic rings. The summed E-state index contributed by atoms with van der Waals surface area (Å²) in [5.74, 6) is -1.07. The highest BCUT2D eigenvalue weighted by molar-refractivity contribution is 5.74.